The van der Waals surface area contributed by atoms with E-state index in [1.165, 1.54) is 32.6 Å². The van der Waals surface area contributed by atoms with Gasteiger partial charge in [-0.05, 0) is 82.5 Å². The Kier molecular flexibility index (Phi) is 33.8. The predicted octanol–water partition coefficient (Wildman–Crippen LogP) is 13.6. The Bertz CT molecular complexity index is 2050. The first kappa shape index (κ1) is 79.3. The summed E-state index contributed by atoms with van der Waals surface area (Å²) in [6.07, 6.45) is -23.8. The van der Waals surface area contributed by atoms with Crippen molar-refractivity contribution in [1.82, 2.24) is 0 Å². The van der Waals surface area contributed by atoms with Gasteiger partial charge in [-0.25, -0.2) is 33.6 Å². The molecule has 27 heteroatoms. The maximum atomic E-state index is 12.0. The highest BCUT2D eigenvalue weighted by Crippen LogP contribution is 2.66. The zero-order valence-corrected chi connectivity index (χ0v) is 47.9. The minimum atomic E-state index is -5.89. The standard InChI is InChI=1S/C14H22O2.C12H22O2.C11H20O2.C9H8F6O4.C8H5F7O4/c1-9(2)12(15)16-11-8-10-6-7-14(11,5)13(10,3)4;1-5-7-8-11(6-2)9-14-12(13)10(3)4;1-7(2)10(8(3)4)13-11(12)9(5)6;1-4(2)6(17)18-3-5(16)19-7(8(10,11)12)9(13,14)15;1-3(9)5(17)18-2-4(16)19-6(7(10,11)12)8(13,14)15/h10-11H,1,6-8H2,2-5H3;11H,3,5-9H2,1-2,4H3;7-8,10H,5H2,1-4,6H3;7H,1,3H2,2H3;6H,1-2H2. The highest BCUT2D eigenvalue weighted by molar-refractivity contribution is 5.89. The lowest BCUT2D eigenvalue weighted by molar-refractivity contribution is -0.314. The summed E-state index contributed by atoms with van der Waals surface area (Å²) in [5.41, 5.74) is 1.72. The van der Waals surface area contributed by atoms with Crippen LogP contribution >= 0.6 is 0 Å². The van der Waals surface area contributed by atoms with E-state index in [-0.39, 0.29) is 41.1 Å². The fourth-order valence-electron chi connectivity index (χ4n) is 7.44. The van der Waals surface area contributed by atoms with Crippen LogP contribution in [0.3, 0.4) is 0 Å². The number of hydrogen-bond acceptors (Lipinski definition) is 14. The van der Waals surface area contributed by atoms with Crippen molar-refractivity contribution < 1.29 is 124 Å². The second-order valence-corrected chi connectivity index (χ2v) is 20.5. The molecule has 81 heavy (non-hydrogen) atoms. The number of carbonyl (C=O) groups excluding carboxylic acids is 7. The van der Waals surface area contributed by atoms with E-state index in [1.54, 1.807) is 20.8 Å². The van der Waals surface area contributed by atoms with Crippen LogP contribution in [0.5, 0.6) is 0 Å². The average molecular weight is 1200 g/mol. The molecule has 0 spiro atoms. The highest BCUT2D eigenvalue weighted by Gasteiger charge is 2.63. The van der Waals surface area contributed by atoms with Gasteiger partial charge in [0, 0.05) is 27.7 Å². The third-order valence-electron chi connectivity index (χ3n) is 12.5. The van der Waals surface area contributed by atoms with Gasteiger partial charge in [-0.1, -0.05) is 114 Å². The van der Waals surface area contributed by atoms with Crippen molar-refractivity contribution in [2.24, 2.45) is 34.5 Å². The van der Waals surface area contributed by atoms with Gasteiger partial charge < -0.3 is 33.2 Å². The Morgan fingerprint density at radius 3 is 1.21 bits per heavy atom. The van der Waals surface area contributed by atoms with Crippen molar-refractivity contribution in [3.63, 3.8) is 0 Å². The molecule has 2 aliphatic rings. The maximum Gasteiger partial charge on any atom is 0.434 e. The minimum Gasteiger partial charge on any atom is -0.462 e. The molecule has 0 N–H and O–H groups in total. The number of unbranched alkanes of at least 4 members (excludes halogenated alkanes) is 1. The summed E-state index contributed by atoms with van der Waals surface area (Å²) in [7, 11) is 0. The van der Waals surface area contributed by atoms with E-state index in [2.05, 4.69) is 114 Å². The fourth-order valence-corrected chi connectivity index (χ4v) is 7.44. The van der Waals surface area contributed by atoms with Crippen LogP contribution in [0.4, 0.5) is 57.1 Å². The molecule has 2 aliphatic carbocycles. The molecular weight excluding hydrogens is 1120 g/mol. The van der Waals surface area contributed by atoms with Crippen LogP contribution in [-0.4, -0.2) is 111 Å². The van der Waals surface area contributed by atoms with Crippen molar-refractivity contribution in [1.29, 1.82) is 0 Å². The quantitative estimate of drug-likeness (QED) is 0.0457. The van der Waals surface area contributed by atoms with Gasteiger partial charge in [0.1, 0.15) is 12.2 Å². The van der Waals surface area contributed by atoms with Crippen LogP contribution in [0, 0.1) is 34.5 Å². The first-order valence-electron chi connectivity index (χ1n) is 25.0. The van der Waals surface area contributed by atoms with Crippen LogP contribution in [0.2, 0.25) is 0 Å². The van der Waals surface area contributed by atoms with Gasteiger partial charge in [0.25, 0.3) is 12.2 Å². The number of ether oxygens (including phenoxy) is 7. The lowest BCUT2D eigenvalue weighted by Crippen LogP contribution is -2.46. The molecule has 0 aromatic heterocycles. The lowest BCUT2D eigenvalue weighted by Gasteiger charge is -2.38. The van der Waals surface area contributed by atoms with Crippen molar-refractivity contribution in [2.75, 3.05) is 19.8 Å². The predicted molar refractivity (Wildman–Crippen MR) is 268 cm³/mol. The summed E-state index contributed by atoms with van der Waals surface area (Å²) in [4.78, 5) is 76.5. The molecule has 0 aromatic rings. The molecule has 4 atom stereocenters. The number of rotatable bonds is 21. The van der Waals surface area contributed by atoms with E-state index < -0.39 is 79.8 Å². The van der Waals surface area contributed by atoms with Crippen LogP contribution in [-0.2, 0) is 66.7 Å². The molecule has 2 bridgehead atoms. The molecule has 2 saturated carbocycles. The Balaban J connectivity index is -0.000000946. The molecule has 0 radical (unpaired) electrons. The Hall–Kier alpha value is -5.92. The van der Waals surface area contributed by atoms with Crippen molar-refractivity contribution in [3.8, 4) is 0 Å². The van der Waals surface area contributed by atoms with Crippen molar-refractivity contribution >= 4 is 41.8 Å². The van der Waals surface area contributed by atoms with E-state index in [1.807, 2.05) is 0 Å². The molecule has 0 heterocycles. The number of esters is 7. The summed E-state index contributed by atoms with van der Waals surface area (Å²) >= 11 is 0. The van der Waals surface area contributed by atoms with Crippen molar-refractivity contribution in [3.05, 3.63) is 61.0 Å². The monoisotopic (exact) mass is 1200 g/mol. The molecule has 0 saturated heterocycles. The molecule has 14 nitrogen and oxygen atoms in total. The van der Waals surface area contributed by atoms with Crippen LogP contribution in [0.15, 0.2) is 61.0 Å². The molecule has 468 valence electrons. The second kappa shape index (κ2) is 34.5. The molecule has 0 amide bonds. The van der Waals surface area contributed by atoms with Gasteiger partial charge in [-0.15, -0.1) is 0 Å². The average Bonchev–Trinajstić information content (AvgIpc) is 3.65. The third kappa shape index (κ3) is 29.6. The Labute approximate surface area is 464 Å². The minimum absolute atomic E-state index is 0.0100. The van der Waals surface area contributed by atoms with E-state index in [9.17, 15) is 90.6 Å². The van der Waals surface area contributed by atoms with Crippen molar-refractivity contribution in [2.45, 2.75) is 184 Å². The molecule has 0 aliphatic heterocycles. The van der Waals surface area contributed by atoms with Gasteiger partial charge >= 0.3 is 66.5 Å². The number of halogens is 13. The molecule has 0 aromatic carbocycles. The van der Waals surface area contributed by atoms with Gasteiger partial charge in [0.05, 0.1) is 6.61 Å². The highest BCUT2D eigenvalue weighted by atomic mass is 19.4. The smallest absolute Gasteiger partial charge is 0.434 e. The Morgan fingerprint density at radius 2 is 0.926 bits per heavy atom. The topological polar surface area (TPSA) is 184 Å². The molecular formula is C54H77F13O14. The maximum absolute atomic E-state index is 12.0. The molecule has 2 fully saturated rings. The normalized spacial score (nSPS) is 17.5. The molecule has 4 unspecified atom stereocenters. The summed E-state index contributed by atoms with van der Waals surface area (Å²) in [6.45, 7) is 39.4. The largest absolute Gasteiger partial charge is 0.462 e. The fraction of sp³-hybridized carbons (Fsp3) is 0.685. The van der Waals surface area contributed by atoms with E-state index in [4.69, 9.17) is 14.2 Å². The SMILES string of the molecule is C=C(C)C(=O)OC(C(C)C)C(C)C.C=C(C)C(=O)OC1CC2CCC1(C)C2(C)C.C=C(C)C(=O)OCC(=O)OC(C(F)(F)F)C(F)(F)F.C=C(C)C(=O)OCC(CC)CCCC.C=C(F)C(=O)OCC(=O)OC(C(F)(F)F)C(F)(F)F. The molecule has 2 rings (SSSR count). The lowest BCUT2D eigenvalue weighted by atomic mass is 9.70. The number of alkyl halides is 12. The third-order valence-corrected chi connectivity index (χ3v) is 12.5. The van der Waals surface area contributed by atoms with Gasteiger partial charge in [-0.3, -0.25) is 0 Å². The van der Waals surface area contributed by atoms with Gasteiger partial charge in [0.2, 0.25) is 5.83 Å². The van der Waals surface area contributed by atoms with E-state index in [0.717, 1.165) is 19.3 Å². The van der Waals surface area contributed by atoms with Crippen LogP contribution < -0.4 is 0 Å². The Morgan fingerprint density at radius 1 is 0.556 bits per heavy atom. The first-order valence-corrected chi connectivity index (χ1v) is 25.0. The zero-order valence-electron chi connectivity index (χ0n) is 47.9. The van der Waals surface area contributed by atoms with Crippen LogP contribution in [0.1, 0.15) is 135 Å². The summed E-state index contributed by atoms with van der Waals surface area (Å²) in [5.74, 6) is -7.62. The van der Waals surface area contributed by atoms with Crippen LogP contribution in [0.25, 0.3) is 0 Å². The van der Waals surface area contributed by atoms with E-state index >= 15 is 0 Å². The summed E-state index contributed by atoms with van der Waals surface area (Å²) < 4.78 is 185. The first-order chi connectivity index (χ1) is 36.5. The number of hydrogen-bond donors (Lipinski definition) is 0. The zero-order chi connectivity index (χ0) is 64.6. The second-order valence-electron chi connectivity index (χ2n) is 20.5. The van der Waals surface area contributed by atoms with Gasteiger partial charge in [-0.2, -0.15) is 57.1 Å². The van der Waals surface area contributed by atoms with E-state index in [0.29, 0.717) is 52.4 Å². The summed E-state index contributed by atoms with van der Waals surface area (Å²) in [5, 5.41) is 0. The summed E-state index contributed by atoms with van der Waals surface area (Å²) in [6, 6.07) is 0. The number of carbonyl (C=O) groups is 7. The number of fused-ring (bicyclic) bond motifs is 2. The van der Waals surface area contributed by atoms with Gasteiger partial charge in [0.15, 0.2) is 13.2 Å².